The van der Waals surface area contributed by atoms with E-state index < -0.39 is 18.3 Å². The van der Waals surface area contributed by atoms with E-state index in [0.29, 0.717) is 75.1 Å². The molecule has 6 unspecified atom stereocenters. The second kappa shape index (κ2) is 20.1. The van der Waals surface area contributed by atoms with E-state index in [1.54, 1.807) is 42.7 Å². The lowest BCUT2D eigenvalue weighted by Gasteiger charge is -2.58. The SMILES string of the molecule is COCC1CC(C(C)(C)C2CC(C(C)(C)C3CC(COC)C(O)C(COC)C3)CC(C(C)(C)C3CC(COC)C(O)C(COC)C3)C2)CC(COC)C1O. The molecule has 0 spiro atoms. The van der Waals surface area contributed by atoms with Crippen molar-refractivity contribution < 1.29 is 43.7 Å². The van der Waals surface area contributed by atoms with Crippen LogP contribution >= 0.6 is 0 Å². The van der Waals surface area contributed by atoms with Crippen LogP contribution in [0.4, 0.5) is 0 Å². The molecule has 318 valence electrons. The predicted molar refractivity (Wildman–Crippen MR) is 214 cm³/mol. The van der Waals surface area contributed by atoms with Gasteiger partial charge in [-0.25, -0.2) is 0 Å². The third-order valence-corrected chi connectivity index (χ3v) is 16.7. The minimum atomic E-state index is -0.412. The van der Waals surface area contributed by atoms with E-state index in [9.17, 15) is 15.3 Å². The summed E-state index contributed by atoms with van der Waals surface area (Å²) in [6.45, 7) is 18.6. The normalized spacial score (nSPS) is 40.2. The third-order valence-electron chi connectivity index (χ3n) is 16.7. The minimum absolute atomic E-state index is 0.0427. The van der Waals surface area contributed by atoms with Crippen LogP contribution in [0.1, 0.15) is 99.3 Å². The lowest BCUT2D eigenvalue weighted by atomic mass is 9.47. The van der Waals surface area contributed by atoms with Crippen molar-refractivity contribution in [1.29, 1.82) is 0 Å². The number of ether oxygens (including phenoxy) is 6. The van der Waals surface area contributed by atoms with Crippen molar-refractivity contribution in [3.05, 3.63) is 0 Å². The van der Waals surface area contributed by atoms with Gasteiger partial charge in [0.05, 0.1) is 58.0 Å². The van der Waals surface area contributed by atoms with Crippen LogP contribution < -0.4 is 0 Å². The molecule has 4 aliphatic rings. The molecule has 0 aromatic carbocycles. The molecule has 0 aromatic rings. The maximum absolute atomic E-state index is 11.4. The lowest BCUT2D eigenvalue weighted by Crippen LogP contribution is -2.52. The smallest absolute Gasteiger partial charge is 0.0640 e. The molecule has 4 aliphatic carbocycles. The van der Waals surface area contributed by atoms with Gasteiger partial charge in [-0.3, -0.25) is 0 Å². The Kier molecular flexibility index (Phi) is 17.2. The van der Waals surface area contributed by atoms with E-state index in [-0.39, 0.29) is 51.8 Å². The topological polar surface area (TPSA) is 116 Å². The van der Waals surface area contributed by atoms with Gasteiger partial charge in [-0.05, 0) is 110 Å². The molecule has 9 heteroatoms. The summed E-state index contributed by atoms with van der Waals surface area (Å²) < 4.78 is 34.1. The van der Waals surface area contributed by atoms with E-state index in [2.05, 4.69) is 41.5 Å². The molecule has 3 N–H and O–H groups in total. The van der Waals surface area contributed by atoms with Crippen LogP contribution in [0, 0.1) is 87.3 Å². The average Bonchev–Trinajstić information content (AvgIpc) is 3.13. The number of aliphatic hydroxyl groups excluding tert-OH is 3. The van der Waals surface area contributed by atoms with Crippen LogP contribution in [0.2, 0.25) is 0 Å². The molecule has 0 radical (unpaired) electrons. The van der Waals surface area contributed by atoms with Crippen LogP contribution in [-0.2, 0) is 28.4 Å². The maximum Gasteiger partial charge on any atom is 0.0640 e. The van der Waals surface area contributed by atoms with Gasteiger partial charge in [0.1, 0.15) is 0 Å². The highest BCUT2D eigenvalue weighted by Gasteiger charge is 2.55. The highest BCUT2D eigenvalue weighted by Crippen LogP contribution is 2.61. The Hall–Kier alpha value is -0.360. The molecular weight excluding hydrogens is 684 g/mol. The fourth-order valence-corrected chi connectivity index (χ4v) is 12.7. The van der Waals surface area contributed by atoms with Crippen LogP contribution in [0.25, 0.3) is 0 Å². The van der Waals surface area contributed by atoms with Gasteiger partial charge in [-0.1, -0.05) is 41.5 Å². The molecule has 0 aliphatic heterocycles. The first-order valence-electron chi connectivity index (χ1n) is 21.5. The summed E-state index contributed by atoms with van der Waals surface area (Å²) >= 11 is 0. The van der Waals surface area contributed by atoms with Crippen LogP contribution in [0.3, 0.4) is 0 Å². The molecule has 0 amide bonds. The van der Waals surface area contributed by atoms with Crippen molar-refractivity contribution in [1.82, 2.24) is 0 Å². The van der Waals surface area contributed by atoms with Gasteiger partial charge in [0.25, 0.3) is 0 Å². The van der Waals surface area contributed by atoms with Crippen molar-refractivity contribution in [2.75, 3.05) is 82.3 Å². The average molecular weight is 769 g/mol. The first kappa shape index (κ1) is 46.3. The van der Waals surface area contributed by atoms with Crippen LogP contribution in [0.5, 0.6) is 0 Å². The van der Waals surface area contributed by atoms with Crippen molar-refractivity contribution >= 4 is 0 Å². The molecule has 54 heavy (non-hydrogen) atoms. The number of aliphatic hydroxyl groups is 3. The molecule has 0 saturated heterocycles. The molecule has 4 saturated carbocycles. The largest absolute Gasteiger partial charge is 0.392 e. The first-order valence-corrected chi connectivity index (χ1v) is 21.5. The molecule has 9 nitrogen and oxygen atoms in total. The molecule has 4 rings (SSSR count). The van der Waals surface area contributed by atoms with E-state index in [0.717, 1.165) is 38.5 Å². The highest BCUT2D eigenvalue weighted by molar-refractivity contribution is 5.04. The second-order valence-electron chi connectivity index (χ2n) is 20.5. The Bertz CT molecular complexity index is 910. The molecule has 0 bridgehead atoms. The van der Waals surface area contributed by atoms with Crippen molar-refractivity contribution in [3.8, 4) is 0 Å². The Morgan fingerprint density at radius 2 is 0.463 bits per heavy atom. The van der Waals surface area contributed by atoms with E-state index in [1.165, 1.54) is 19.3 Å². The maximum atomic E-state index is 11.4. The first-order chi connectivity index (χ1) is 25.5. The van der Waals surface area contributed by atoms with E-state index in [4.69, 9.17) is 28.4 Å². The molecule has 6 atom stereocenters. The predicted octanol–water partition coefficient (Wildman–Crippen LogP) is 6.99. The van der Waals surface area contributed by atoms with Crippen LogP contribution in [0.15, 0.2) is 0 Å². The molecular formula is C45H84O9. The molecule has 0 aromatic heterocycles. The standard InChI is InChI=1S/C45H84O9/c1-43(2,34-13-28(22-49-7)40(46)29(14-34)23-50-8)37-19-38(44(3,4)35-15-30(24-51-9)41(47)31(16-35)25-52-10)21-39(20-37)45(5,6)36-17-32(26-53-11)42(48)33(18-36)27-54-12/h28-42,46-48H,13-27H2,1-12H3. The number of hydrogen-bond donors (Lipinski definition) is 3. The second-order valence-corrected chi connectivity index (χ2v) is 20.5. The fraction of sp³-hybridized carbons (Fsp3) is 1.00. The van der Waals surface area contributed by atoms with Gasteiger partial charge in [0, 0.05) is 78.2 Å². The zero-order valence-electron chi connectivity index (χ0n) is 36.6. The molecule has 4 fully saturated rings. The quantitative estimate of drug-likeness (QED) is 0.136. The van der Waals surface area contributed by atoms with Crippen LogP contribution in [-0.4, -0.2) is 116 Å². The van der Waals surface area contributed by atoms with Crippen molar-refractivity contribution in [2.24, 2.45) is 87.3 Å². The summed E-state index contributed by atoms with van der Waals surface area (Å²) in [4.78, 5) is 0. The summed E-state index contributed by atoms with van der Waals surface area (Å²) in [7, 11) is 10.5. The monoisotopic (exact) mass is 769 g/mol. The Balaban J connectivity index is 1.73. The summed E-state index contributed by atoms with van der Waals surface area (Å²) in [6.07, 6.45) is 8.12. The van der Waals surface area contributed by atoms with E-state index in [1.807, 2.05) is 0 Å². The van der Waals surface area contributed by atoms with Gasteiger partial charge in [-0.2, -0.15) is 0 Å². The Labute approximate surface area is 330 Å². The fourth-order valence-electron chi connectivity index (χ4n) is 12.7. The van der Waals surface area contributed by atoms with Gasteiger partial charge >= 0.3 is 0 Å². The summed E-state index contributed by atoms with van der Waals surface area (Å²) in [5.41, 5.74) is 0.128. The van der Waals surface area contributed by atoms with Gasteiger partial charge in [0.2, 0.25) is 0 Å². The highest BCUT2D eigenvalue weighted by atomic mass is 16.5. The zero-order valence-corrected chi connectivity index (χ0v) is 36.6. The lowest BCUT2D eigenvalue weighted by molar-refractivity contribution is -0.123. The van der Waals surface area contributed by atoms with E-state index >= 15 is 0 Å². The Morgan fingerprint density at radius 1 is 0.315 bits per heavy atom. The number of methoxy groups -OCH3 is 6. The van der Waals surface area contributed by atoms with Gasteiger partial charge in [0.15, 0.2) is 0 Å². The molecule has 0 heterocycles. The van der Waals surface area contributed by atoms with Crippen molar-refractivity contribution in [2.45, 2.75) is 118 Å². The van der Waals surface area contributed by atoms with Gasteiger partial charge in [-0.15, -0.1) is 0 Å². The summed E-state index contributed by atoms with van der Waals surface area (Å²) in [6, 6.07) is 0. The summed E-state index contributed by atoms with van der Waals surface area (Å²) in [5.74, 6) is 3.45. The Morgan fingerprint density at radius 3 is 0.611 bits per heavy atom. The van der Waals surface area contributed by atoms with Gasteiger partial charge < -0.3 is 43.7 Å². The minimum Gasteiger partial charge on any atom is -0.392 e. The summed E-state index contributed by atoms with van der Waals surface area (Å²) in [5, 5.41) is 34.2. The van der Waals surface area contributed by atoms with Crippen molar-refractivity contribution in [3.63, 3.8) is 0 Å². The zero-order chi connectivity index (χ0) is 40.0. The third kappa shape index (κ3) is 10.3. The number of hydrogen-bond acceptors (Lipinski definition) is 9. The number of rotatable bonds is 18.